The Balaban J connectivity index is 3.79. The highest BCUT2D eigenvalue weighted by Gasteiger charge is 2.18. The van der Waals surface area contributed by atoms with Gasteiger partial charge in [-0.25, -0.2) is 4.79 Å². The minimum Gasteiger partial charge on any atom is -0.434 e. The van der Waals surface area contributed by atoms with E-state index in [-0.39, 0.29) is 0 Å². The van der Waals surface area contributed by atoms with Gasteiger partial charge in [0.25, 0.3) is 0 Å². The Labute approximate surface area is 99.5 Å². The van der Waals surface area contributed by atoms with Crippen molar-refractivity contribution in [2.75, 3.05) is 6.61 Å². The van der Waals surface area contributed by atoms with Crippen molar-refractivity contribution in [3.63, 3.8) is 0 Å². The Morgan fingerprint density at radius 2 is 1.88 bits per heavy atom. The van der Waals surface area contributed by atoms with Gasteiger partial charge in [-0.2, -0.15) is 0 Å². The second kappa shape index (κ2) is 7.53. The first-order valence-corrected chi connectivity index (χ1v) is 6.24. The van der Waals surface area contributed by atoms with Gasteiger partial charge in [0.15, 0.2) is 0 Å². The van der Waals surface area contributed by atoms with Gasteiger partial charge in [-0.15, -0.1) is 0 Å². The SMILES string of the molecule is CCCCC(CC)COC(=O)OC(C)(C)C. The van der Waals surface area contributed by atoms with Crippen LogP contribution in [0.15, 0.2) is 0 Å². The molecule has 0 amide bonds. The predicted molar refractivity (Wildman–Crippen MR) is 65.5 cm³/mol. The molecule has 0 bridgehead atoms. The van der Waals surface area contributed by atoms with Crippen LogP contribution in [0.2, 0.25) is 0 Å². The molecule has 96 valence electrons. The number of hydrogen-bond acceptors (Lipinski definition) is 3. The zero-order valence-electron chi connectivity index (χ0n) is 11.3. The molecule has 0 N–H and O–H groups in total. The van der Waals surface area contributed by atoms with Gasteiger partial charge < -0.3 is 9.47 Å². The lowest BCUT2D eigenvalue weighted by Gasteiger charge is -2.20. The van der Waals surface area contributed by atoms with Crippen LogP contribution in [0.4, 0.5) is 4.79 Å². The molecule has 0 heterocycles. The third-order valence-electron chi connectivity index (χ3n) is 2.37. The molecule has 0 aliphatic carbocycles. The fourth-order valence-electron chi connectivity index (χ4n) is 1.36. The molecule has 0 saturated carbocycles. The maximum Gasteiger partial charge on any atom is 0.508 e. The van der Waals surface area contributed by atoms with Crippen molar-refractivity contribution in [3.05, 3.63) is 0 Å². The van der Waals surface area contributed by atoms with E-state index in [4.69, 9.17) is 9.47 Å². The molecule has 3 nitrogen and oxygen atoms in total. The van der Waals surface area contributed by atoms with Crippen molar-refractivity contribution >= 4 is 6.16 Å². The molecule has 3 heteroatoms. The summed E-state index contributed by atoms with van der Waals surface area (Å²) in [5.74, 6) is 0.465. The molecule has 0 rings (SSSR count). The van der Waals surface area contributed by atoms with E-state index in [2.05, 4.69) is 13.8 Å². The van der Waals surface area contributed by atoms with E-state index < -0.39 is 11.8 Å². The first-order valence-electron chi connectivity index (χ1n) is 6.24. The van der Waals surface area contributed by atoms with E-state index in [9.17, 15) is 4.79 Å². The monoisotopic (exact) mass is 230 g/mol. The zero-order chi connectivity index (χ0) is 12.6. The summed E-state index contributed by atoms with van der Waals surface area (Å²) < 4.78 is 10.2. The highest BCUT2D eigenvalue weighted by Crippen LogP contribution is 2.14. The lowest BCUT2D eigenvalue weighted by molar-refractivity contribution is -0.0139. The molecule has 0 aromatic rings. The number of unbranched alkanes of at least 4 members (excludes halogenated alkanes) is 1. The Morgan fingerprint density at radius 3 is 2.31 bits per heavy atom. The van der Waals surface area contributed by atoms with Crippen LogP contribution in [0.25, 0.3) is 0 Å². The summed E-state index contributed by atoms with van der Waals surface area (Å²) in [6.07, 6.45) is 3.99. The van der Waals surface area contributed by atoms with Crippen molar-refractivity contribution in [2.24, 2.45) is 5.92 Å². The van der Waals surface area contributed by atoms with Crippen LogP contribution in [0, 0.1) is 5.92 Å². The summed E-state index contributed by atoms with van der Waals surface area (Å²) in [6.45, 7) is 10.3. The number of rotatable bonds is 6. The van der Waals surface area contributed by atoms with E-state index in [0.717, 1.165) is 12.8 Å². The van der Waals surface area contributed by atoms with E-state index >= 15 is 0 Å². The minimum absolute atomic E-state index is 0.465. The number of hydrogen-bond donors (Lipinski definition) is 0. The molecular weight excluding hydrogens is 204 g/mol. The number of ether oxygens (including phenoxy) is 2. The first-order chi connectivity index (χ1) is 7.39. The van der Waals surface area contributed by atoms with Crippen molar-refractivity contribution in [2.45, 2.75) is 65.9 Å². The molecule has 0 aliphatic heterocycles. The molecule has 0 saturated heterocycles. The zero-order valence-corrected chi connectivity index (χ0v) is 11.3. The van der Waals surface area contributed by atoms with Gasteiger partial charge in [-0.3, -0.25) is 0 Å². The third kappa shape index (κ3) is 8.57. The van der Waals surface area contributed by atoms with Gasteiger partial charge in [0.1, 0.15) is 5.60 Å². The van der Waals surface area contributed by atoms with E-state index in [0.29, 0.717) is 12.5 Å². The molecule has 0 fully saturated rings. The molecule has 0 spiro atoms. The molecule has 0 aromatic carbocycles. The van der Waals surface area contributed by atoms with Gasteiger partial charge in [0, 0.05) is 0 Å². The lowest BCUT2D eigenvalue weighted by Crippen LogP contribution is -2.25. The highest BCUT2D eigenvalue weighted by molar-refractivity contribution is 5.60. The molecule has 0 radical (unpaired) electrons. The summed E-state index contributed by atoms with van der Waals surface area (Å²) in [5, 5.41) is 0. The molecule has 1 atom stereocenters. The lowest BCUT2D eigenvalue weighted by atomic mass is 10.0. The Kier molecular flexibility index (Phi) is 7.18. The Hall–Kier alpha value is -0.730. The average molecular weight is 230 g/mol. The standard InChI is InChI=1S/C13H26O3/c1-6-8-9-11(7-2)10-15-12(14)16-13(3,4)5/h11H,6-10H2,1-5H3. The molecular formula is C13H26O3. The topological polar surface area (TPSA) is 35.5 Å². The van der Waals surface area contributed by atoms with Crippen LogP contribution in [0.1, 0.15) is 60.3 Å². The fraction of sp³-hybridized carbons (Fsp3) is 0.923. The average Bonchev–Trinajstić information content (AvgIpc) is 2.15. The predicted octanol–water partition coefficient (Wildman–Crippen LogP) is 4.15. The van der Waals surface area contributed by atoms with Gasteiger partial charge in [-0.1, -0.05) is 33.1 Å². The Morgan fingerprint density at radius 1 is 1.25 bits per heavy atom. The molecule has 1 unspecified atom stereocenters. The summed E-state index contributed by atoms with van der Waals surface area (Å²) in [7, 11) is 0. The van der Waals surface area contributed by atoms with Crippen LogP contribution < -0.4 is 0 Å². The Bertz CT molecular complexity index is 194. The van der Waals surface area contributed by atoms with Gasteiger partial charge >= 0.3 is 6.16 Å². The largest absolute Gasteiger partial charge is 0.508 e. The van der Waals surface area contributed by atoms with Crippen LogP contribution in [-0.2, 0) is 9.47 Å². The van der Waals surface area contributed by atoms with Gasteiger partial charge in [-0.05, 0) is 33.1 Å². The smallest absolute Gasteiger partial charge is 0.434 e. The summed E-state index contributed by atoms with van der Waals surface area (Å²) in [6, 6.07) is 0. The normalized spacial score (nSPS) is 13.3. The fourth-order valence-corrected chi connectivity index (χ4v) is 1.36. The van der Waals surface area contributed by atoms with Crippen LogP contribution in [0.3, 0.4) is 0 Å². The molecule has 16 heavy (non-hydrogen) atoms. The van der Waals surface area contributed by atoms with Crippen molar-refractivity contribution < 1.29 is 14.3 Å². The van der Waals surface area contributed by atoms with Crippen LogP contribution >= 0.6 is 0 Å². The summed E-state index contributed by atoms with van der Waals surface area (Å²) in [4.78, 5) is 11.3. The summed E-state index contributed by atoms with van der Waals surface area (Å²) >= 11 is 0. The third-order valence-corrected chi connectivity index (χ3v) is 2.37. The minimum atomic E-state index is -0.553. The summed E-state index contributed by atoms with van der Waals surface area (Å²) in [5.41, 5.74) is -0.470. The van der Waals surface area contributed by atoms with E-state index in [1.165, 1.54) is 12.8 Å². The molecule has 0 aromatic heterocycles. The number of carbonyl (C=O) groups excluding carboxylic acids is 1. The maximum absolute atomic E-state index is 11.3. The second-order valence-corrected chi connectivity index (χ2v) is 5.19. The number of carbonyl (C=O) groups is 1. The van der Waals surface area contributed by atoms with Crippen LogP contribution in [0.5, 0.6) is 0 Å². The highest BCUT2D eigenvalue weighted by atomic mass is 16.7. The van der Waals surface area contributed by atoms with Gasteiger partial charge in [0.05, 0.1) is 6.61 Å². The van der Waals surface area contributed by atoms with Crippen LogP contribution in [-0.4, -0.2) is 18.4 Å². The molecule has 0 aliphatic rings. The van der Waals surface area contributed by atoms with Gasteiger partial charge in [0.2, 0.25) is 0 Å². The van der Waals surface area contributed by atoms with E-state index in [1.54, 1.807) is 0 Å². The second-order valence-electron chi connectivity index (χ2n) is 5.19. The van der Waals surface area contributed by atoms with E-state index in [1.807, 2.05) is 20.8 Å². The quantitative estimate of drug-likeness (QED) is 0.643. The first kappa shape index (κ1) is 15.3. The van der Waals surface area contributed by atoms with Crippen molar-refractivity contribution in [1.29, 1.82) is 0 Å². The van der Waals surface area contributed by atoms with Crippen molar-refractivity contribution in [3.8, 4) is 0 Å². The van der Waals surface area contributed by atoms with Crippen molar-refractivity contribution in [1.82, 2.24) is 0 Å². The maximum atomic E-state index is 11.3.